The summed E-state index contributed by atoms with van der Waals surface area (Å²) in [5, 5.41) is 10.0. The van der Waals surface area contributed by atoms with Crippen LogP contribution in [0, 0.1) is 0 Å². The molecule has 1 heterocycles. The molecule has 0 aliphatic heterocycles. The van der Waals surface area contributed by atoms with Gasteiger partial charge in [-0.15, -0.1) is 0 Å². The van der Waals surface area contributed by atoms with E-state index < -0.39 is 0 Å². The summed E-state index contributed by atoms with van der Waals surface area (Å²) in [7, 11) is 0. The third kappa shape index (κ3) is 3.35. The molecule has 0 spiro atoms. The number of benzene rings is 2. The molecular weight excluding hydrogens is 294 g/mol. The van der Waals surface area contributed by atoms with E-state index in [2.05, 4.69) is 4.98 Å². The van der Waals surface area contributed by atoms with Crippen LogP contribution in [0.5, 0.6) is 5.75 Å². The first kappa shape index (κ1) is 14.4. The van der Waals surface area contributed by atoms with E-state index >= 15 is 0 Å². The third-order valence-electron chi connectivity index (χ3n) is 3.33. The molecule has 0 atom stereocenters. The summed E-state index contributed by atoms with van der Waals surface area (Å²) < 4.78 is 0. The van der Waals surface area contributed by atoms with Crippen LogP contribution in [-0.4, -0.2) is 10.1 Å². The molecule has 0 saturated carbocycles. The van der Waals surface area contributed by atoms with Gasteiger partial charge in [0.2, 0.25) is 0 Å². The van der Waals surface area contributed by atoms with Crippen molar-refractivity contribution in [2.75, 3.05) is 0 Å². The van der Waals surface area contributed by atoms with E-state index in [1.54, 1.807) is 12.1 Å². The number of aromatic nitrogens is 1. The molecule has 0 aliphatic rings. The number of phenolic OH excluding ortho intramolecular Hbond substituents is 1. The number of rotatable bonds is 3. The van der Waals surface area contributed by atoms with Crippen LogP contribution < -0.4 is 0 Å². The molecule has 0 saturated heterocycles. The third-order valence-corrected chi connectivity index (χ3v) is 3.67. The Morgan fingerprint density at radius 1 is 0.818 bits per heavy atom. The average Bonchev–Trinajstić information content (AvgIpc) is 2.55. The van der Waals surface area contributed by atoms with Gasteiger partial charge in [-0.1, -0.05) is 54.1 Å². The number of hydrogen-bond acceptors (Lipinski definition) is 2. The number of halogens is 1. The molecule has 0 fully saturated rings. The second-order valence-electron chi connectivity index (χ2n) is 4.87. The molecule has 0 bridgehead atoms. The van der Waals surface area contributed by atoms with Crippen LogP contribution in [0.4, 0.5) is 0 Å². The van der Waals surface area contributed by atoms with E-state index in [4.69, 9.17) is 11.6 Å². The van der Waals surface area contributed by atoms with Crippen molar-refractivity contribution in [3.05, 3.63) is 83.1 Å². The minimum Gasteiger partial charge on any atom is -0.508 e. The van der Waals surface area contributed by atoms with Crippen LogP contribution in [0.25, 0.3) is 23.3 Å². The topological polar surface area (TPSA) is 33.1 Å². The Balaban J connectivity index is 1.80. The van der Waals surface area contributed by atoms with Gasteiger partial charge in [-0.05, 0) is 41.5 Å². The van der Waals surface area contributed by atoms with E-state index in [1.807, 2.05) is 66.9 Å². The summed E-state index contributed by atoms with van der Waals surface area (Å²) in [6.07, 6.45) is 5.70. The highest BCUT2D eigenvalue weighted by atomic mass is 35.5. The molecule has 3 rings (SSSR count). The number of phenols is 1. The van der Waals surface area contributed by atoms with Crippen LogP contribution in [0.15, 0.2) is 66.9 Å². The Hall–Kier alpha value is -2.58. The number of aromatic hydroxyl groups is 1. The second-order valence-corrected chi connectivity index (χ2v) is 5.28. The van der Waals surface area contributed by atoms with Gasteiger partial charge < -0.3 is 5.11 Å². The summed E-state index contributed by atoms with van der Waals surface area (Å²) in [5.41, 5.74) is 3.86. The minimum absolute atomic E-state index is 0.260. The lowest BCUT2D eigenvalue weighted by atomic mass is 10.1. The van der Waals surface area contributed by atoms with Crippen molar-refractivity contribution in [1.29, 1.82) is 0 Å². The SMILES string of the molecule is Oc1ccc(-c2ccc(C=Cc3ccccc3Cl)nc2)cc1. The van der Waals surface area contributed by atoms with Crippen molar-refractivity contribution < 1.29 is 5.11 Å². The molecule has 3 aromatic rings. The predicted molar refractivity (Wildman–Crippen MR) is 91.7 cm³/mol. The van der Waals surface area contributed by atoms with E-state index in [-0.39, 0.29) is 5.75 Å². The maximum Gasteiger partial charge on any atom is 0.115 e. The fraction of sp³-hybridized carbons (Fsp3) is 0. The maximum absolute atomic E-state index is 9.31. The number of nitrogens with zero attached hydrogens (tertiary/aromatic N) is 1. The fourth-order valence-corrected chi connectivity index (χ4v) is 2.31. The quantitative estimate of drug-likeness (QED) is 0.714. The lowest BCUT2D eigenvalue weighted by molar-refractivity contribution is 0.475. The molecule has 2 aromatic carbocycles. The van der Waals surface area contributed by atoms with Crippen LogP contribution in [0.2, 0.25) is 5.02 Å². The monoisotopic (exact) mass is 307 g/mol. The van der Waals surface area contributed by atoms with Crippen LogP contribution in [0.3, 0.4) is 0 Å². The summed E-state index contributed by atoms with van der Waals surface area (Å²) in [4.78, 5) is 4.43. The molecule has 108 valence electrons. The summed E-state index contributed by atoms with van der Waals surface area (Å²) >= 11 is 6.12. The molecule has 0 unspecified atom stereocenters. The van der Waals surface area contributed by atoms with Gasteiger partial charge in [-0.2, -0.15) is 0 Å². The molecule has 3 heteroatoms. The van der Waals surface area contributed by atoms with Crippen LogP contribution >= 0.6 is 11.6 Å². The fourth-order valence-electron chi connectivity index (χ4n) is 2.11. The highest BCUT2D eigenvalue weighted by molar-refractivity contribution is 6.32. The highest BCUT2D eigenvalue weighted by Gasteiger charge is 1.99. The van der Waals surface area contributed by atoms with Gasteiger partial charge in [0.15, 0.2) is 0 Å². The van der Waals surface area contributed by atoms with Gasteiger partial charge in [-0.3, -0.25) is 4.98 Å². The Morgan fingerprint density at radius 2 is 1.55 bits per heavy atom. The van der Waals surface area contributed by atoms with Gasteiger partial charge in [0.05, 0.1) is 5.69 Å². The zero-order valence-corrected chi connectivity index (χ0v) is 12.5. The summed E-state index contributed by atoms with van der Waals surface area (Å²) in [6.45, 7) is 0. The Kier molecular flexibility index (Phi) is 4.22. The van der Waals surface area contributed by atoms with Crippen LogP contribution in [-0.2, 0) is 0 Å². The van der Waals surface area contributed by atoms with E-state index in [0.717, 1.165) is 27.4 Å². The molecule has 0 radical (unpaired) electrons. The molecule has 0 aliphatic carbocycles. The maximum atomic E-state index is 9.31. The molecule has 1 N–H and O–H groups in total. The van der Waals surface area contributed by atoms with E-state index in [9.17, 15) is 5.11 Å². The largest absolute Gasteiger partial charge is 0.508 e. The highest BCUT2D eigenvalue weighted by Crippen LogP contribution is 2.22. The molecule has 2 nitrogen and oxygen atoms in total. The molecule has 22 heavy (non-hydrogen) atoms. The Bertz CT molecular complexity index is 792. The van der Waals surface area contributed by atoms with Gasteiger partial charge >= 0.3 is 0 Å². The zero-order valence-electron chi connectivity index (χ0n) is 11.8. The van der Waals surface area contributed by atoms with Crippen molar-refractivity contribution in [3.63, 3.8) is 0 Å². The molecule has 1 aromatic heterocycles. The van der Waals surface area contributed by atoms with Gasteiger partial charge in [0, 0.05) is 16.8 Å². The standard InChI is InChI=1S/C19H14ClNO/c20-19-4-2-1-3-15(19)5-9-17-10-6-16(13-21-17)14-7-11-18(22)12-8-14/h1-13,22H. The zero-order chi connectivity index (χ0) is 15.4. The van der Waals surface area contributed by atoms with Gasteiger partial charge in [0.1, 0.15) is 5.75 Å². The molecular formula is C19H14ClNO. The normalized spacial score (nSPS) is 11.0. The minimum atomic E-state index is 0.260. The van der Waals surface area contributed by atoms with Crippen molar-refractivity contribution in [2.45, 2.75) is 0 Å². The second kappa shape index (κ2) is 6.46. The van der Waals surface area contributed by atoms with Crippen molar-refractivity contribution in [2.24, 2.45) is 0 Å². The number of pyridine rings is 1. The van der Waals surface area contributed by atoms with E-state index in [0.29, 0.717) is 0 Å². The van der Waals surface area contributed by atoms with Crippen LogP contribution in [0.1, 0.15) is 11.3 Å². The predicted octanol–water partition coefficient (Wildman–Crippen LogP) is 5.28. The first-order chi connectivity index (χ1) is 10.7. The first-order valence-corrected chi connectivity index (χ1v) is 7.28. The van der Waals surface area contributed by atoms with E-state index in [1.165, 1.54) is 0 Å². The number of hydrogen-bond donors (Lipinski definition) is 1. The van der Waals surface area contributed by atoms with Crippen molar-refractivity contribution in [1.82, 2.24) is 4.98 Å². The Morgan fingerprint density at radius 3 is 2.23 bits per heavy atom. The molecule has 0 amide bonds. The van der Waals surface area contributed by atoms with Crippen molar-refractivity contribution in [3.8, 4) is 16.9 Å². The lowest BCUT2D eigenvalue weighted by Gasteiger charge is -2.02. The summed E-state index contributed by atoms with van der Waals surface area (Å²) in [6, 6.07) is 18.7. The lowest BCUT2D eigenvalue weighted by Crippen LogP contribution is -1.83. The first-order valence-electron chi connectivity index (χ1n) is 6.90. The smallest absolute Gasteiger partial charge is 0.115 e. The van der Waals surface area contributed by atoms with Gasteiger partial charge in [-0.25, -0.2) is 0 Å². The van der Waals surface area contributed by atoms with Crippen molar-refractivity contribution >= 4 is 23.8 Å². The summed E-state index contributed by atoms with van der Waals surface area (Å²) in [5.74, 6) is 0.260. The van der Waals surface area contributed by atoms with Gasteiger partial charge in [0.25, 0.3) is 0 Å². The average molecular weight is 308 g/mol. The Labute approximate surface area is 134 Å².